The van der Waals surface area contributed by atoms with Crippen LogP contribution >= 0.6 is 15.9 Å². The monoisotopic (exact) mass is 286 g/mol. The molecule has 0 atom stereocenters. The molecule has 0 heterocycles. The number of nitrogens with one attached hydrogen (secondary N) is 1. The highest BCUT2D eigenvalue weighted by molar-refractivity contribution is 9.10. The van der Waals surface area contributed by atoms with Crippen LogP contribution in [0.3, 0.4) is 0 Å². The summed E-state index contributed by atoms with van der Waals surface area (Å²) in [6.07, 6.45) is 0. The van der Waals surface area contributed by atoms with Crippen molar-refractivity contribution in [3.05, 3.63) is 58.1 Å². The van der Waals surface area contributed by atoms with Crippen molar-refractivity contribution in [1.29, 1.82) is 5.26 Å². The molecule has 84 valence electrons. The summed E-state index contributed by atoms with van der Waals surface area (Å²) in [6.45, 7) is 2.04. The van der Waals surface area contributed by atoms with E-state index < -0.39 is 0 Å². The Labute approximate surface area is 109 Å². The first-order chi connectivity index (χ1) is 8.17. The van der Waals surface area contributed by atoms with Crippen LogP contribution in [0.4, 0.5) is 11.4 Å². The number of halogens is 1. The number of nitriles is 1. The first-order valence-corrected chi connectivity index (χ1v) is 6.01. The molecule has 0 spiro atoms. The molecule has 2 aromatic carbocycles. The smallest absolute Gasteiger partial charge is 0.0992 e. The van der Waals surface area contributed by atoms with E-state index in [2.05, 4.69) is 39.4 Å². The highest BCUT2D eigenvalue weighted by atomic mass is 79.9. The van der Waals surface area contributed by atoms with E-state index in [1.807, 2.05) is 31.2 Å². The average molecular weight is 287 g/mol. The summed E-state index contributed by atoms with van der Waals surface area (Å²) < 4.78 is 1.04. The Kier molecular flexibility index (Phi) is 3.46. The van der Waals surface area contributed by atoms with Crippen molar-refractivity contribution in [2.24, 2.45) is 0 Å². The number of hydrogen-bond donors (Lipinski definition) is 1. The topological polar surface area (TPSA) is 35.8 Å². The van der Waals surface area contributed by atoms with Crippen LogP contribution in [0, 0.1) is 18.3 Å². The molecule has 17 heavy (non-hydrogen) atoms. The molecule has 0 unspecified atom stereocenters. The van der Waals surface area contributed by atoms with Gasteiger partial charge in [-0.1, -0.05) is 22.0 Å². The van der Waals surface area contributed by atoms with Crippen molar-refractivity contribution < 1.29 is 0 Å². The third-order valence-corrected chi connectivity index (χ3v) is 2.78. The van der Waals surface area contributed by atoms with Gasteiger partial charge in [-0.3, -0.25) is 0 Å². The normalized spacial score (nSPS) is 9.71. The lowest BCUT2D eigenvalue weighted by atomic mass is 10.2. The van der Waals surface area contributed by atoms with Crippen molar-refractivity contribution in [2.45, 2.75) is 6.92 Å². The molecule has 2 rings (SSSR count). The Morgan fingerprint density at radius 3 is 2.65 bits per heavy atom. The molecule has 2 aromatic rings. The Balaban J connectivity index is 2.28. The maximum Gasteiger partial charge on any atom is 0.0992 e. The van der Waals surface area contributed by atoms with Gasteiger partial charge in [0.1, 0.15) is 0 Å². The summed E-state index contributed by atoms with van der Waals surface area (Å²) in [5, 5.41) is 12.1. The van der Waals surface area contributed by atoms with Crippen LogP contribution in [0.2, 0.25) is 0 Å². The lowest BCUT2D eigenvalue weighted by Gasteiger charge is -2.08. The fourth-order valence-corrected chi connectivity index (χ4v) is 2.25. The fraction of sp³-hybridized carbons (Fsp3) is 0.0714. The van der Waals surface area contributed by atoms with Gasteiger partial charge in [0.05, 0.1) is 11.6 Å². The predicted molar refractivity (Wildman–Crippen MR) is 73.3 cm³/mol. The third-order valence-electron chi connectivity index (χ3n) is 2.32. The summed E-state index contributed by atoms with van der Waals surface area (Å²) in [5.41, 5.74) is 3.76. The zero-order chi connectivity index (χ0) is 12.3. The van der Waals surface area contributed by atoms with Gasteiger partial charge in [0.25, 0.3) is 0 Å². The minimum absolute atomic E-state index is 0.654. The highest BCUT2D eigenvalue weighted by Gasteiger charge is 1.98. The first kappa shape index (κ1) is 11.7. The predicted octanol–water partition coefficient (Wildman–Crippen LogP) is 4.37. The number of hydrogen-bond acceptors (Lipinski definition) is 2. The van der Waals surface area contributed by atoms with Crippen LogP contribution < -0.4 is 5.32 Å². The summed E-state index contributed by atoms with van der Waals surface area (Å²) in [5.74, 6) is 0. The maximum atomic E-state index is 8.83. The van der Waals surface area contributed by atoms with E-state index in [0.717, 1.165) is 15.8 Å². The van der Waals surface area contributed by atoms with Gasteiger partial charge in [0.2, 0.25) is 0 Å². The Morgan fingerprint density at radius 1 is 1.12 bits per heavy atom. The largest absolute Gasteiger partial charge is 0.355 e. The SMILES string of the molecule is Cc1cc(Br)cc(Nc2cccc(C#N)c2)c1. The van der Waals surface area contributed by atoms with Crippen molar-refractivity contribution >= 4 is 27.3 Å². The van der Waals surface area contributed by atoms with E-state index >= 15 is 0 Å². The molecule has 1 N–H and O–H groups in total. The van der Waals surface area contributed by atoms with Crippen LogP contribution in [0.5, 0.6) is 0 Å². The van der Waals surface area contributed by atoms with Crippen LogP contribution in [0.15, 0.2) is 46.9 Å². The molecule has 0 saturated carbocycles. The minimum atomic E-state index is 0.654. The molecule has 2 nitrogen and oxygen atoms in total. The Bertz CT molecular complexity index is 565. The maximum absolute atomic E-state index is 8.83. The lowest BCUT2D eigenvalue weighted by Crippen LogP contribution is -1.91. The van der Waals surface area contributed by atoms with Gasteiger partial charge in [0, 0.05) is 15.8 Å². The molecular weight excluding hydrogens is 276 g/mol. The molecule has 0 aliphatic carbocycles. The molecule has 0 amide bonds. The third kappa shape index (κ3) is 3.08. The first-order valence-electron chi connectivity index (χ1n) is 5.22. The van der Waals surface area contributed by atoms with Crippen LogP contribution in [-0.2, 0) is 0 Å². The summed E-state index contributed by atoms with van der Waals surface area (Å²) in [7, 11) is 0. The van der Waals surface area contributed by atoms with E-state index in [0.29, 0.717) is 5.56 Å². The molecule has 0 aliphatic rings. The average Bonchev–Trinajstić information content (AvgIpc) is 2.28. The zero-order valence-electron chi connectivity index (χ0n) is 9.37. The second-order valence-electron chi connectivity index (χ2n) is 3.83. The minimum Gasteiger partial charge on any atom is -0.355 e. The molecule has 0 bridgehead atoms. The van der Waals surface area contributed by atoms with E-state index in [1.54, 1.807) is 6.07 Å². The quantitative estimate of drug-likeness (QED) is 0.890. The van der Waals surface area contributed by atoms with E-state index in [9.17, 15) is 0 Å². The van der Waals surface area contributed by atoms with E-state index in [-0.39, 0.29) is 0 Å². The van der Waals surface area contributed by atoms with Gasteiger partial charge in [-0.05, 0) is 48.9 Å². The molecule has 0 aromatic heterocycles. The zero-order valence-corrected chi connectivity index (χ0v) is 11.0. The molecule has 0 saturated heterocycles. The Hall–Kier alpha value is -1.79. The molecular formula is C14H11BrN2. The van der Waals surface area contributed by atoms with Crippen LogP contribution in [-0.4, -0.2) is 0 Å². The molecule has 0 fully saturated rings. The second kappa shape index (κ2) is 5.03. The number of aryl methyl sites for hydroxylation is 1. The number of benzene rings is 2. The van der Waals surface area contributed by atoms with Crippen molar-refractivity contribution in [3.63, 3.8) is 0 Å². The van der Waals surface area contributed by atoms with Crippen LogP contribution in [0.1, 0.15) is 11.1 Å². The standard InChI is InChI=1S/C14H11BrN2/c1-10-5-12(15)8-14(6-10)17-13-4-2-3-11(7-13)9-16/h2-8,17H,1H3. The van der Waals surface area contributed by atoms with Crippen molar-refractivity contribution in [1.82, 2.24) is 0 Å². The van der Waals surface area contributed by atoms with E-state index in [1.165, 1.54) is 5.56 Å². The summed E-state index contributed by atoms with van der Waals surface area (Å²) >= 11 is 3.46. The number of nitrogens with zero attached hydrogens (tertiary/aromatic N) is 1. The highest BCUT2D eigenvalue weighted by Crippen LogP contribution is 2.23. The Morgan fingerprint density at radius 2 is 1.94 bits per heavy atom. The van der Waals surface area contributed by atoms with Gasteiger partial charge in [-0.25, -0.2) is 0 Å². The van der Waals surface area contributed by atoms with Gasteiger partial charge >= 0.3 is 0 Å². The fourth-order valence-electron chi connectivity index (χ4n) is 1.64. The van der Waals surface area contributed by atoms with Gasteiger partial charge in [0.15, 0.2) is 0 Å². The molecule has 3 heteroatoms. The summed E-state index contributed by atoms with van der Waals surface area (Å²) in [4.78, 5) is 0. The summed E-state index contributed by atoms with van der Waals surface area (Å²) in [6, 6.07) is 15.7. The van der Waals surface area contributed by atoms with Crippen molar-refractivity contribution in [3.8, 4) is 6.07 Å². The van der Waals surface area contributed by atoms with Gasteiger partial charge in [-0.2, -0.15) is 5.26 Å². The van der Waals surface area contributed by atoms with Gasteiger partial charge < -0.3 is 5.32 Å². The molecule has 0 aliphatic heterocycles. The van der Waals surface area contributed by atoms with Gasteiger partial charge in [-0.15, -0.1) is 0 Å². The second-order valence-corrected chi connectivity index (χ2v) is 4.75. The van der Waals surface area contributed by atoms with Crippen molar-refractivity contribution in [2.75, 3.05) is 5.32 Å². The number of anilines is 2. The van der Waals surface area contributed by atoms with Crippen LogP contribution in [0.25, 0.3) is 0 Å². The lowest BCUT2D eigenvalue weighted by molar-refractivity contribution is 1.42. The number of rotatable bonds is 2. The van der Waals surface area contributed by atoms with E-state index in [4.69, 9.17) is 5.26 Å². The molecule has 0 radical (unpaired) electrons.